The molecule has 1 saturated heterocycles. The minimum Gasteiger partial charge on any atom is -0.481 e. The van der Waals surface area contributed by atoms with Crippen LogP contribution in [0.4, 0.5) is 10.5 Å². The average molecular weight is 382 g/mol. The number of likely N-dealkylation sites (tertiary alicyclic amines) is 1. The highest BCUT2D eigenvalue weighted by Crippen LogP contribution is 2.36. The molecule has 0 bridgehead atoms. The minimum absolute atomic E-state index is 0.00302. The Morgan fingerprint density at radius 2 is 1.71 bits per heavy atom. The number of nitrogens with one attached hydrogen (secondary N) is 1. The number of hydrogen-bond acceptors (Lipinski definition) is 3. The highest BCUT2D eigenvalue weighted by Gasteiger charge is 2.49. The Bertz CT molecular complexity index is 797. The highest BCUT2D eigenvalue weighted by molar-refractivity contribution is 5.90. The van der Waals surface area contributed by atoms with Gasteiger partial charge in [0.1, 0.15) is 5.41 Å². The lowest BCUT2D eigenvalue weighted by atomic mass is 9.73. The maximum absolute atomic E-state index is 12.6. The molecule has 2 aromatic rings. The van der Waals surface area contributed by atoms with E-state index in [1.54, 1.807) is 12.1 Å². The van der Waals surface area contributed by atoms with Crippen molar-refractivity contribution in [2.24, 2.45) is 5.41 Å². The van der Waals surface area contributed by atoms with E-state index in [9.17, 15) is 19.8 Å². The molecule has 2 amide bonds. The van der Waals surface area contributed by atoms with Crippen molar-refractivity contribution in [1.29, 1.82) is 0 Å². The lowest BCUT2D eigenvalue weighted by Crippen LogP contribution is -2.58. The Hall–Kier alpha value is -2.86. The summed E-state index contributed by atoms with van der Waals surface area (Å²) in [6, 6.07) is 18.6. The molecule has 1 aliphatic rings. The van der Waals surface area contributed by atoms with E-state index >= 15 is 0 Å². The van der Waals surface area contributed by atoms with Gasteiger partial charge in [0.15, 0.2) is 0 Å². The molecule has 28 heavy (non-hydrogen) atoms. The summed E-state index contributed by atoms with van der Waals surface area (Å²) in [6.45, 7) is 0.324. The van der Waals surface area contributed by atoms with E-state index in [2.05, 4.69) is 5.32 Å². The first-order valence-electron chi connectivity index (χ1n) is 9.58. The summed E-state index contributed by atoms with van der Waals surface area (Å²) < 4.78 is 0. The third-order valence-electron chi connectivity index (χ3n) is 5.45. The number of rotatable bonds is 6. The standard InChI is InChI=1S/C22H26N2O4/c25-19-13-15-24(21(28)23-18-11-5-2-6-12-18)16-22(19,20(26)27)14-7-10-17-8-3-1-4-9-17/h1-6,8-9,11-12,19,25H,7,10,13-16H2,(H,23,28)(H,26,27)/t19-,22-/m1/s1. The zero-order valence-corrected chi connectivity index (χ0v) is 15.8. The molecular weight excluding hydrogens is 356 g/mol. The second-order valence-corrected chi connectivity index (χ2v) is 7.32. The van der Waals surface area contributed by atoms with Gasteiger partial charge in [-0.05, 0) is 43.4 Å². The number of aliphatic hydroxyl groups is 1. The molecule has 1 heterocycles. The molecule has 6 nitrogen and oxygen atoms in total. The van der Waals surface area contributed by atoms with Crippen LogP contribution in [-0.2, 0) is 11.2 Å². The van der Waals surface area contributed by atoms with E-state index in [0.717, 1.165) is 12.0 Å². The Labute approximate surface area is 164 Å². The molecule has 0 unspecified atom stereocenters. The van der Waals surface area contributed by atoms with Crippen molar-refractivity contribution in [2.45, 2.75) is 31.8 Å². The Morgan fingerprint density at radius 3 is 2.36 bits per heavy atom. The molecule has 0 spiro atoms. The molecule has 3 rings (SSSR count). The maximum atomic E-state index is 12.6. The number of nitrogens with zero attached hydrogens (tertiary/aromatic N) is 1. The monoisotopic (exact) mass is 382 g/mol. The van der Waals surface area contributed by atoms with Gasteiger partial charge in [0.25, 0.3) is 0 Å². The first-order valence-corrected chi connectivity index (χ1v) is 9.58. The van der Waals surface area contributed by atoms with Gasteiger partial charge in [0.2, 0.25) is 0 Å². The fourth-order valence-electron chi connectivity index (χ4n) is 3.79. The van der Waals surface area contributed by atoms with Gasteiger partial charge in [0.05, 0.1) is 6.10 Å². The number of piperidine rings is 1. The number of carbonyl (C=O) groups is 2. The molecule has 1 fully saturated rings. The lowest BCUT2D eigenvalue weighted by Gasteiger charge is -2.43. The van der Waals surface area contributed by atoms with Gasteiger partial charge in [-0.25, -0.2) is 4.79 Å². The van der Waals surface area contributed by atoms with E-state index < -0.39 is 17.5 Å². The summed E-state index contributed by atoms with van der Waals surface area (Å²) in [5.74, 6) is -1.05. The molecule has 2 aromatic carbocycles. The number of urea groups is 1. The minimum atomic E-state index is -1.35. The molecule has 3 N–H and O–H groups in total. The number of benzene rings is 2. The predicted octanol–water partition coefficient (Wildman–Crippen LogP) is 3.38. The molecule has 2 atom stereocenters. The smallest absolute Gasteiger partial charge is 0.321 e. The van der Waals surface area contributed by atoms with Gasteiger partial charge < -0.3 is 20.4 Å². The summed E-state index contributed by atoms with van der Waals surface area (Å²) in [5, 5.41) is 23.3. The quantitative estimate of drug-likeness (QED) is 0.714. The van der Waals surface area contributed by atoms with E-state index in [1.165, 1.54) is 4.90 Å². The SMILES string of the molecule is O=C(Nc1ccccc1)N1CC[C@@H](O)[C@](CCCc2ccccc2)(C(=O)O)C1. The van der Waals surface area contributed by atoms with Crippen LogP contribution >= 0.6 is 0 Å². The summed E-state index contributed by atoms with van der Waals surface area (Å²) in [7, 11) is 0. The second kappa shape index (κ2) is 8.89. The van der Waals surface area contributed by atoms with Crippen molar-refractivity contribution < 1.29 is 19.8 Å². The topological polar surface area (TPSA) is 89.9 Å². The fourth-order valence-corrected chi connectivity index (χ4v) is 3.79. The number of hydrogen-bond donors (Lipinski definition) is 3. The van der Waals surface area contributed by atoms with Crippen LogP contribution in [-0.4, -0.2) is 46.3 Å². The van der Waals surface area contributed by atoms with Crippen molar-refractivity contribution >= 4 is 17.7 Å². The molecule has 0 radical (unpaired) electrons. The van der Waals surface area contributed by atoms with E-state index in [0.29, 0.717) is 25.1 Å². The van der Waals surface area contributed by atoms with E-state index in [1.807, 2.05) is 48.5 Å². The molecule has 148 valence electrons. The van der Waals surface area contributed by atoms with E-state index in [-0.39, 0.29) is 19.0 Å². The first-order chi connectivity index (χ1) is 13.5. The summed E-state index contributed by atoms with van der Waals surface area (Å²) in [6.07, 6.45) is 0.953. The predicted molar refractivity (Wildman–Crippen MR) is 107 cm³/mol. The number of carboxylic acid groups (broad SMARTS) is 1. The third kappa shape index (κ3) is 4.51. The van der Waals surface area contributed by atoms with Crippen molar-refractivity contribution in [3.05, 3.63) is 66.2 Å². The highest BCUT2D eigenvalue weighted by atomic mass is 16.4. The summed E-state index contributed by atoms with van der Waals surface area (Å²) in [4.78, 5) is 26.3. The van der Waals surface area contributed by atoms with Gasteiger partial charge in [-0.2, -0.15) is 0 Å². The Balaban J connectivity index is 1.68. The third-order valence-corrected chi connectivity index (χ3v) is 5.45. The second-order valence-electron chi connectivity index (χ2n) is 7.32. The van der Waals surface area contributed by atoms with Gasteiger partial charge in [0, 0.05) is 18.8 Å². The molecule has 0 saturated carbocycles. The number of carboxylic acids is 1. The number of amides is 2. The van der Waals surface area contributed by atoms with Crippen LogP contribution in [0.25, 0.3) is 0 Å². The Morgan fingerprint density at radius 1 is 1.07 bits per heavy atom. The van der Waals surface area contributed by atoms with Crippen LogP contribution in [0.1, 0.15) is 24.8 Å². The van der Waals surface area contributed by atoms with Gasteiger partial charge in [-0.1, -0.05) is 48.5 Å². The fraction of sp³-hybridized carbons (Fsp3) is 0.364. The van der Waals surface area contributed by atoms with Crippen LogP contribution in [0.15, 0.2) is 60.7 Å². The Kier molecular flexibility index (Phi) is 6.31. The lowest BCUT2D eigenvalue weighted by molar-refractivity contribution is -0.162. The van der Waals surface area contributed by atoms with Crippen molar-refractivity contribution in [3.8, 4) is 0 Å². The molecular formula is C22H26N2O4. The number of carbonyl (C=O) groups excluding carboxylic acids is 1. The number of aliphatic carboxylic acids is 1. The van der Waals surface area contributed by atoms with Gasteiger partial charge in [-0.3, -0.25) is 4.79 Å². The van der Waals surface area contributed by atoms with Crippen LogP contribution in [0.3, 0.4) is 0 Å². The van der Waals surface area contributed by atoms with E-state index in [4.69, 9.17) is 0 Å². The normalized spacial score (nSPS) is 21.9. The van der Waals surface area contributed by atoms with Crippen molar-refractivity contribution in [2.75, 3.05) is 18.4 Å². The molecule has 0 aromatic heterocycles. The molecule has 0 aliphatic carbocycles. The number of aliphatic hydroxyl groups excluding tert-OH is 1. The van der Waals surface area contributed by atoms with Crippen molar-refractivity contribution in [3.63, 3.8) is 0 Å². The zero-order valence-electron chi connectivity index (χ0n) is 15.8. The average Bonchev–Trinajstić information content (AvgIpc) is 2.70. The van der Waals surface area contributed by atoms with Crippen molar-refractivity contribution in [1.82, 2.24) is 4.90 Å². The van der Waals surface area contributed by atoms with Crippen LogP contribution in [0.2, 0.25) is 0 Å². The summed E-state index contributed by atoms with van der Waals surface area (Å²) >= 11 is 0. The maximum Gasteiger partial charge on any atom is 0.321 e. The number of para-hydroxylation sites is 1. The van der Waals surface area contributed by atoms with Crippen LogP contribution in [0, 0.1) is 5.41 Å². The van der Waals surface area contributed by atoms with Crippen LogP contribution in [0.5, 0.6) is 0 Å². The van der Waals surface area contributed by atoms with Gasteiger partial charge >= 0.3 is 12.0 Å². The van der Waals surface area contributed by atoms with Crippen LogP contribution < -0.4 is 5.32 Å². The largest absolute Gasteiger partial charge is 0.481 e. The molecule has 6 heteroatoms. The molecule has 1 aliphatic heterocycles. The number of anilines is 1. The van der Waals surface area contributed by atoms with Gasteiger partial charge in [-0.15, -0.1) is 0 Å². The zero-order chi connectivity index (χ0) is 20.0. The summed E-state index contributed by atoms with van der Waals surface area (Å²) in [5.41, 5.74) is 0.441. The first kappa shape index (κ1) is 19.9. The number of aryl methyl sites for hydroxylation is 1.